The molecule has 0 aliphatic heterocycles. The van der Waals surface area contributed by atoms with E-state index in [9.17, 15) is 14.4 Å². The maximum atomic E-state index is 12.9. The summed E-state index contributed by atoms with van der Waals surface area (Å²) >= 11 is 1.50. The van der Waals surface area contributed by atoms with Crippen molar-refractivity contribution in [3.8, 4) is 10.6 Å². The lowest BCUT2D eigenvalue weighted by Gasteiger charge is -2.09. The van der Waals surface area contributed by atoms with Crippen molar-refractivity contribution in [3.63, 3.8) is 0 Å². The summed E-state index contributed by atoms with van der Waals surface area (Å²) in [5, 5.41) is 9.51. The normalized spacial score (nSPS) is 10.8. The number of pyridine rings is 1. The molecule has 3 aromatic heterocycles. The molecule has 33 heavy (non-hydrogen) atoms. The lowest BCUT2D eigenvalue weighted by molar-refractivity contribution is -0.119. The lowest BCUT2D eigenvalue weighted by Crippen LogP contribution is -2.21. The molecule has 0 bridgehead atoms. The Morgan fingerprint density at radius 1 is 1.12 bits per heavy atom. The summed E-state index contributed by atoms with van der Waals surface area (Å²) < 4.78 is 11.6. The number of hydrogen-bond acceptors (Lipinski definition) is 8. The third kappa shape index (κ3) is 4.60. The van der Waals surface area contributed by atoms with Gasteiger partial charge < -0.3 is 14.8 Å². The summed E-state index contributed by atoms with van der Waals surface area (Å²) in [6.07, 6.45) is 0. The van der Waals surface area contributed by atoms with Crippen molar-refractivity contribution in [1.82, 2.24) is 14.8 Å². The number of aromatic nitrogens is 3. The number of nitrogens with zero attached hydrogens (tertiary/aromatic N) is 3. The van der Waals surface area contributed by atoms with Gasteiger partial charge in [-0.25, -0.2) is 14.6 Å². The third-order valence-electron chi connectivity index (χ3n) is 4.89. The van der Waals surface area contributed by atoms with Gasteiger partial charge >= 0.3 is 11.9 Å². The Labute approximate surface area is 193 Å². The molecule has 0 spiro atoms. The molecule has 9 nitrogen and oxygen atoms in total. The topological polar surface area (TPSA) is 112 Å². The number of esters is 2. The van der Waals surface area contributed by atoms with Gasteiger partial charge in [-0.1, -0.05) is 6.07 Å². The molecule has 0 saturated heterocycles. The first-order chi connectivity index (χ1) is 15.9. The Morgan fingerprint density at radius 2 is 1.88 bits per heavy atom. The minimum Gasteiger partial charge on any atom is -0.465 e. The van der Waals surface area contributed by atoms with E-state index >= 15 is 0 Å². The zero-order valence-corrected chi connectivity index (χ0v) is 18.9. The predicted octanol–water partition coefficient (Wildman–Crippen LogP) is 3.59. The number of carbonyl (C=O) groups excluding carboxylic acids is 3. The van der Waals surface area contributed by atoms with Crippen molar-refractivity contribution in [2.75, 3.05) is 19.0 Å². The number of benzene rings is 1. The Morgan fingerprint density at radius 3 is 2.55 bits per heavy atom. The van der Waals surface area contributed by atoms with Crippen molar-refractivity contribution in [3.05, 3.63) is 64.7 Å². The summed E-state index contributed by atoms with van der Waals surface area (Å²) in [4.78, 5) is 42.3. The molecule has 168 valence electrons. The molecule has 4 rings (SSSR count). The van der Waals surface area contributed by atoms with Crippen molar-refractivity contribution in [1.29, 1.82) is 0 Å². The maximum absolute atomic E-state index is 12.9. The first-order valence-electron chi connectivity index (χ1n) is 9.91. The second kappa shape index (κ2) is 9.21. The van der Waals surface area contributed by atoms with Crippen LogP contribution >= 0.6 is 11.3 Å². The van der Waals surface area contributed by atoms with Crippen LogP contribution in [0.15, 0.2) is 47.8 Å². The highest BCUT2D eigenvalue weighted by atomic mass is 32.1. The van der Waals surface area contributed by atoms with E-state index in [1.807, 2.05) is 17.5 Å². The summed E-state index contributed by atoms with van der Waals surface area (Å²) in [5.41, 5.74) is 2.93. The zero-order chi connectivity index (χ0) is 23.5. The molecule has 1 N–H and O–H groups in total. The number of hydrogen-bond donors (Lipinski definition) is 1. The highest BCUT2D eigenvalue weighted by molar-refractivity contribution is 7.13. The largest absolute Gasteiger partial charge is 0.465 e. The smallest absolute Gasteiger partial charge is 0.339 e. The van der Waals surface area contributed by atoms with Crippen LogP contribution in [0.5, 0.6) is 0 Å². The number of fused-ring (bicyclic) bond motifs is 1. The van der Waals surface area contributed by atoms with Gasteiger partial charge in [-0.2, -0.15) is 5.10 Å². The van der Waals surface area contributed by atoms with Crippen LogP contribution < -0.4 is 5.32 Å². The molecule has 4 aromatic rings. The van der Waals surface area contributed by atoms with Crippen LogP contribution in [0.4, 0.5) is 5.69 Å². The van der Waals surface area contributed by atoms with Crippen LogP contribution in [-0.2, 0) is 21.3 Å². The number of amides is 1. The highest BCUT2D eigenvalue weighted by Crippen LogP contribution is 2.29. The van der Waals surface area contributed by atoms with Gasteiger partial charge in [0.1, 0.15) is 0 Å². The fourth-order valence-electron chi connectivity index (χ4n) is 3.37. The molecule has 0 aliphatic carbocycles. The second-order valence-electron chi connectivity index (χ2n) is 7.13. The molecule has 0 aliphatic rings. The van der Waals surface area contributed by atoms with Crippen molar-refractivity contribution >= 4 is 45.9 Å². The average molecular weight is 465 g/mol. The molecule has 10 heteroatoms. The number of carbonyl (C=O) groups is 3. The Bertz CT molecular complexity index is 1340. The summed E-state index contributed by atoms with van der Waals surface area (Å²) in [7, 11) is 3.05. The molecule has 0 saturated carbocycles. The van der Waals surface area contributed by atoms with E-state index in [2.05, 4.69) is 20.1 Å². The molecule has 0 radical (unpaired) electrons. The third-order valence-corrected chi connectivity index (χ3v) is 5.78. The SMILES string of the molecule is COC(=O)c1ccc(NC(=O)COC(=O)c2cc(-c3cccs3)nc3c2c(C)nn3C)cc1. The molecule has 3 heterocycles. The fourth-order valence-corrected chi connectivity index (χ4v) is 4.06. The van der Waals surface area contributed by atoms with E-state index in [0.29, 0.717) is 39.2 Å². The van der Waals surface area contributed by atoms with Crippen LogP contribution in [0.1, 0.15) is 26.4 Å². The van der Waals surface area contributed by atoms with Gasteiger partial charge in [0.25, 0.3) is 5.91 Å². The maximum Gasteiger partial charge on any atom is 0.339 e. The highest BCUT2D eigenvalue weighted by Gasteiger charge is 2.21. The number of rotatable bonds is 6. The van der Waals surface area contributed by atoms with Gasteiger partial charge in [0.2, 0.25) is 0 Å². The Balaban J connectivity index is 1.51. The molecular weight excluding hydrogens is 444 g/mol. The summed E-state index contributed by atoms with van der Waals surface area (Å²) in [6.45, 7) is 1.31. The second-order valence-corrected chi connectivity index (χ2v) is 8.08. The molecule has 0 unspecified atom stereocenters. The molecule has 0 atom stereocenters. The van der Waals surface area contributed by atoms with Crippen molar-refractivity contribution < 1.29 is 23.9 Å². The van der Waals surface area contributed by atoms with Crippen molar-refractivity contribution in [2.45, 2.75) is 6.92 Å². The van der Waals surface area contributed by atoms with Gasteiger partial charge in [-0.05, 0) is 48.7 Å². The lowest BCUT2D eigenvalue weighted by atomic mass is 10.1. The Hall–Kier alpha value is -4.05. The minimum atomic E-state index is -0.646. The van der Waals surface area contributed by atoms with Gasteiger partial charge in [-0.3, -0.25) is 9.48 Å². The van der Waals surface area contributed by atoms with Crippen LogP contribution in [-0.4, -0.2) is 46.3 Å². The monoisotopic (exact) mass is 464 g/mol. The average Bonchev–Trinajstić information content (AvgIpc) is 3.45. The van der Waals surface area contributed by atoms with Gasteiger partial charge in [-0.15, -0.1) is 11.3 Å². The molecule has 0 fully saturated rings. The van der Waals surface area contributed by atoms with Gasteiger partial charge in [0.15, 0.2) is 12.3 Å². The van der Waals surface area contributed by atoms with E-state index in [0.717, 1.165) is 4.88 Å². The molecule has 1 amide bonds. The van der Waals surface area contributed by atoms with Crippen molar-refractivity contribution in [2.24, 2.45) is 7.05 Å². The molecule has 1 aromatic carbocycles. The minimum absolute atomic E-state index is 0.296. The van der Waals surface area contributed by atoms with Gasteiger partial charge in [0, 0.05) is 12.7 Å². The first-order valence-corrected chi connectivity index (χ1v) is 10.8. The quantitative estimate of drug-likeness (QED) is 0.434. The number of aryl methyl sites for hydroxylation is 2. The van der Waals surface area contributed by atoms with E-state index in [1.54, 1.807) is 36.9 Å². The number of nitrogens with one attached hydrogen (secondary N) is 1. The van der Waals surface area contributed by atoms with E-state index in [-0.39, 0.29) is 0 Å². The first kappa shape index (κ1) is 22.2. The van der Waals surface area contributed by atoms with Crippen LogP contribution in [0.3, 0.4) is 0 Å². The van der Waals surface area contributed by atoms with Crippen LogP contribution in [0, 0.1) is 6.92 Å². The zero-order valence-electron chi connectivity index (χ0n) is 18.1. The summed E-state index contributed by atoms with van der Waals surface area (Å²) in [5.74, 6) is -1.63. The summed E-state index contributed by atoms with van der Waals surface area (Å²) in [6, 6.07) is 11.7. The van der Waals surface area contributed by atoms with E-state index < -0.39 is 24.5 Å². The number of thiophene rings is 1. The van der Waals surface area contributed by atoms with Gasteiger partial charge in [0.05, 0.1) is 39.9 Å². The van der Waals surface area contributed by atoms with E-state index in [1.165, 1.54) is 30.6 Å². The van der Waals surface area contributed by atoms with Crippen LogP contribution in [0.2, 0.25) is 0 Å². The fraction of sp³-hybridized carbons (Fsp3) is 0.174. The van der Waals surface area contributed by atoms with E-state index in [4.69, 9.17) is 4.74 Å². The van der Waals surface area contributed by atoms with Crippen LogP contribution in [0.25, 0.3) is 21.6 Å². The number of ether oxygens (including phenoxy) is 2. The molecular formula is C23H20N4O5S. The number of methoxy groups -OCH3 is 1. The Kier molecular flexibility index (Phi) is 6.18. The standard InChI is InChI=1S/C23H20N4O5S/c1-13-20-16(11-17(18-5-4-10-33-18)25-21(20)27(2)26-13)23(30)32-12-19(28)24-15-8-6-14(7-9-15)22(29)31-3/h4-11H,12H2,1-3H3,(H,24,28). The number of anilines is 1. The predicted molar refractivity (Wildman–Crippen MR) is 123 cm³/mol.